The van der Waals surface area contributed by atoms with Gasteiger partial charge in [0.25, 0.3) is 0 Å². The molecule has 9 heteroatoms. The normalized spacial score (nSPS) is 19.4. The van der Waals surface area contributed by atoms with Gasteiger partial charge in [-0.05, 0) is 12.8 Å². The fraction of sp³-hybridized carbons (Fsp3) is 0.400. The average molecular weight is 391 g/mol. The predicted octanol–water partition coefficient (Wildman–Crippen LogP) is 2.77. The molecule has 0 aromatic carbocycles. The maximum atomic E-state index is 5.81. The highest BCUT2D eigenvalue weighted by atomic mass is 16.7. The Morgan fingerprint density at radius 3 is 2.83 bits per heavy atom. The number of H-pyrrole nitrogens is 1. The number of aromatic nitrogens is 6. The van der Waals surface area contributed by atoms with Crippen molar-refractivity contribution in [3.63, 3.8) is 0 Å². The number of hydrogen-bond acceptors (Lipinski definition) is 7. The number of fused-ring (bicyclic) bond motifs is 2. The van der Waals surface area contributed by atoms with Gasteiger partial charge in [-0.25, -0.2) is 15.0 Å². The highest BCUT2D eigenvalue weighted by Gasteiger charge is 2.40. The Labute approximate surface area is 166 Å². The number of aromatic amines is 1. The molecular formula is C20H21N7O2. The quantitative estimate of drug-likeness (QED) is 0.554. The summed E-state index contributed by atoms with van der Waals surface area (Å²) in [5.41, 5.74) is 2.81. The molecule has 4 aromatic heterocycles. The van der Waals surface area contributed by atoms with Crippen LogP contribution in [0.25, 0.3) is 27.9 Å². The second-order valence-corrected chi connectivity index (χ2v) is 7.66. The van der Waals surface area contributed by atoms with Crippen molar-refractivity contribution in [2.45, 2.75) is 37.5 Å². The van der Waals surface area contributed by atoms with Crippen molar-refractivity contribution >= 4 is 22.8 Å². The van der Waals surface area contributed by atoms with Gasteiger partial charge in [-0.2, -0.15) is 4.98 Å². The van der Waals surface area contributed by atoms with Gasteiger partial charge >= 0.3 is 0 Å². The summed E-state index contributed by atoms with van der Waals surface area (Å²) in [6, 6.07) is 0.327. The Morgan fingerprint density at radius 2 is 1.97 bits per heavy atom. The summed E-state index contributed by atoms with van der Waals surface area (Å²) >= 11 is 0. The summed E-state index contributed by atoms with van der Waals surface area (Å²) in [5, 5.41) is 4.44. The van der Waals surface area contributed by atoms with E-state index in [1.165, 1.54) is 0 Å². The van der Waals surface area contributed by atoms with Crippen LogP contribution in [0.5, 0.6) is 0 Å². The monoisotopic (exact) mass is 391 g/mol. The lowest BCUT2D eigenvalue weighted by Gasteiger charge is -2.35. The van der Waals surface area contributed by atoms with E-state index in [1.54, 1.807) is 6.20 Å². The first-order chi connectivity index (χ1) is 14.3. The Balaban J connectivity index is 1.22. The van der Waals surface area contributed by atoms with Crippen LogP contribution >= 0.6 is 0 Å². The molecule has 5 heterocycles. The first-order valence-electron chi connectivity index (χ1n) is 9.96. The number of nitrogens with zero attached hydrogens (tertiary/aromatic N) is 5. The Bertz CT molecular complexity index is 1170. The van der Waals surface area contributed by atoms with Crippen LogP contribution in [0, 0.1) is 0 Å². The molecule has 148 valence electrons. The van der Waals surface area contributed by atoms with Gasteiger partial charge in [0, 0.05) is 72.6 Å². The van der Waals surface area contributed by atoms with Crippen LogP contribution in [0.3, 0.4) is 0 Å². The van der Waals surface area contributed by atoms with Gasteiger partial charge < -0.3 is 19.8 Å². The van der Waals surface area contributed by atoms with Crippen molar-refractivity contribution in [3.05, 3.63) is 37.2 Å². The van der Waals surface area contributed by atoms with Crippen LogP contribution in [0.1, 0.15) is 25.7 Å². The third-order valence-electron chi connectivity index (χ3n) is 5.88. The van der Waals surface area contributed by atoms with E-state index in [9.17, 15) is 0 Å². The molecule has 0 bridgehead atoms. The molecule has 1 aliphatic carbocycles. The fourth-order valence-corrected chi connectivity index (χ4v) is 4.34. The Hall–Kier alpha value is -3.04. The number of nitrogens with one attached hydrogen (secondary N) is 2. The van der Waals surface area contributed by atoms with Crippen molar-refractivity contribution in [2.24, 2.45) is 0 Å². The Morgan fingerprint density at radius 1 is 1.10 bits per heavy atom. The van der Waals surface area contributed by atoms with E-state index in [4.69, 9.17) is 9.47 Å². The molecule has 29 heavy (non-hydrogen) atoms. The summed E-state index contributed by atoms with van der Waals surface area (Å²) in [7, 11) is 0. The third kappa shape index (κ3) is 2.93. The zero-order valence-corrected chi connectivity index (χ0v) is 15.8. The molecular weight excluding hydrogens is 370 g/mol. The van der Waals surface area contributed by atoms with Crippen LogP contribution in [0.4, 0.5) is 5.95 Å². The zero-order chi connectivity index (χ0) is 19.3. The van der Waals surface area contributed by atoms with Gasteiger partial charge in [-0.3, -0.25) is 4.40 Å². The van der Waals surface area contributed by atoms with E-state index in [-0.39, 0.29) is 5.79 Å². The predicted molar refractivity (Wildman–Crippen MR) is 106 cm³/mol. The molecule has 2 N–H and O–H groups in total. The lowest BCUT2D eigenvalue weighted by atomic mass is 9.90. The van der Waals surface area contributed by atoms with Gasteiger partial charge in [0.2, 0.25) is 11.7 Å². The average Bonchev–Trinajstić information content (AvgIpc) is 3.49. The molecule has 1 saturated heterocycles. The number of rotatable bonds is 3. The first kappa shape index (κ1) is 16.9. The maximum absolute atomic E-state index is 5.81. The zero-order valence-electron chi connectivity index (χ0n) is 15.8. The molecule has 2 fully saturated rings. The number of hydrogen-bond donors (Lipinski definition) is 2. The van der Waals surface area contributed by atoms with E-state index in [0.717, 1.165) is 47.8 Å². The van der Waals surface area contributed by atoms with Crippen molar-refractivity contribution in [2.75, 3.05) is 18.5 Å². The molecule has 4 aromatic rings. The highest BCUT2D eigenvalue weighted by Crippen LogP contribution is 2.36. The smallest absolute Gasteiger partial charge is 0.233 e. The minimum Gasteiger partial charge on any atom is -0.351 e. The first-order valence-corrected chi connectivity index (χ1v) is 9.96. The largest absolute Gasteiger partial charge is 0.351 e. The molecule has 1 aliphatic heterocycles. The molecule has 0 atom stereocenters. The van der Waals surface area contributed by atoms with Crippen LogP contribution in [0.15, 0.2) is 37.2 Å². The van der Waals surface area contributed by atoms with Gasteiger partial charge in [0.05, 0.1) is 13.2 Å². The Kier molecular flexibility index (Phi) is 3.78. The van der Waals surface area contributed by atoms with E-state index in [0.29, 0.717) is 31.0 Å². The van der Waals surface area contributed by atoms with E-state index >= 15 is 0 Å². The number of imidazole rings is 1. The van der Waals surface area contributed by atoms with Crippen molar-refractivity contribution < 1.29 is 9.47 Å². The van der Waals surface area contributed by atoms with Crippen LogP contribution in [-0.4, -0.2) is 54.4 Å². The number of ether oxygens (including phenoxy) is 2. The summed E-state index contributed by atoms with van der Waals surface area (Å²) in [6.07, 6.45) is 15.0. The van der Waals surface area contributed by atoms with E-state index in [2.05, 4.69) is 30.2 Å². The fourth-order valence-electron chi connectivity index (χ4n) is 4.34. The van der Waals surface area contributed by atoms with Gasteiger partial charge in [0.1, 0.15) is 5.65 Å². The summed E-state index contributed by atoms with van der Waals surface area (Å²) < 4.78 is 13.5. The molecule has 9 nitrogen and oxygen atoms in total. The molecule has 1 saturated carbocycles. The summed E-state index contributed by atoms with van der Waals surface area (Å²) in [6.45, 7) is 1.41. The minimum atomic E-state index is -0.346. The van der Waals surface area contributed by atoms with Crippen molar-refractivity contribution in [1.82, 2.24) is 29.3 Å². The minimum absolute atomic E-state index is 0.327. The molecule has 0 radical (unpaired) electrons. The SMILES string of the molecule is c1cn2cc(-c3c[nH]c4nc(NC5CCC6(CC5)OCCO6)ncc34)cnc2n1. The van der Waals surface area contributed by atoms with Crippen molar-refractivity contribution in [3.8, 4) is 11.1 Å². The van der Waals surface area contributed by atoms with E-state index < -0.39 is 0 Å². The van der Waals surface area contributed by atoms with Gasteiger partial charge in [-0.15, -0.1) is 0 Å². The van der Waals surface area contributed by atoms with E-state index in [1.807, 2.05) is 35.4 Å². The second-order valence-electron chi connectivity index (χ2n) is 7.66. The summed E-state index contributed by atoms with van der Waals surface area (Å²) in [5.74, 6) is 0.976. The van der Waals surface area contributed by atoms with Gasteiger partial charge in [0.15, 0.2) is 5.79 Å². The van der Waals surface area contributed by atoms with Crippen LogP contribution in [-0.2, 0) is 9.47 Å². The standard InChI is InChI=1S/C20H21N7O2/c1-3-20(28-7-8-29-20)4-2-14(1)25-18-23-11-16-15(10-22-17(16)26-18)13-9-24-19-21-5-6-27(19)12-13/h5-6,9-12,14H,1-4,7-8H2,(H2,22,23,25,26). The molecule has 0 unspecified atom stereocenters. The van der Waals surface area contributed by atoms with Crippen molar-refractivity contribution in [1.29, 1.82) is 0 Å². The van der Waals surface area contributed by atoms with Crippen LogP contribution < -0.4 is 5.32 Å². The lowest BCUT2D eigenvalue weighted by Crippen LogP contribution is -2.39. The third-order valence-corrected chi connectivity index (χ3v) is 5.88. The number of anilines is 1. The molecule has 1 spiro atoms. The molecule has 2 aliphatic rings. The van der Waals surface area contributed by atoms with Crippen LogP contribution in [0.2, 0.25) is 0 Å². The lowest BCUT2D eigenvalue weighted by molar-refractivity contribution is -0.177. The second kappa shape index (κ2) is 6.50. The molecule has 0 amide bonds. The molecule has 6 rings (SSSR count). The maximum Gasteiger partial charge on any atom is 0.233 e. The summed E-state index contributed by atoms with van der Waals surface area (Å²) in [4.78, 5) is 21.1. The van der Waals surface area contributed by atoms with Gasteiger partial charge in [-0.1, -0.05) is 0 Å². The highest BCUT2D eigenvalue weighted by molar-refractivity contribution is 5.93. The topological polar surface area (TPSA) is 102 Å².